The van der Waals surface area contributed by atoms with Gasteiger partial charge in [0, 0.05) is 32.6 Å². The fourth-order valence-electron chi connectivity index (χ4n) is 4.20. The molecule has 9 heteroatoms. The number of rotatable bonds is 4. The number of allylic oxidation sites excluding steroid dienone is 1. The zero-order valence-corrected chi connectivity index (χ0v) is 17.0. The van der Waals surface area contributed by atoms with Crippen molar-refractivity contribution in [2.45, 2.75) is 6.42 Å². The second-order valence-corrected chi connectivity index (χ2v) is 7.62. The van der Waals surface area contributed by atoms with E-state index in [1.165, 1.54) is 12.5 Å². The topological polar surface area (TPSA) is 93.0 Å². The fraction of sp³-hybridized carbons (Fsp3) is 0.217. The van der Waals surface area contributed by atoms with E-state index < -0.39 is 23.2 Å². The fourth-order valence-corrected chi connectivity index (χ4v) is 4.20. The molecule has 3 aromatic rings. The molecule has 0 unspecified atom stereocenters. The number of hydrogen-bond donors (Lipinski definition) is 2. The molecular formula is C23H20FN3O5. The summed E-state index contributed by atoms with van der Waals surface area (Å²) >= 11 is 0. The first-order valence-electron chi connectivity index (χ1n) is 10.2. The summed E-state index contributed by atoms with van der Waals surface area (Å²) < 4.78 is 27.6. The van der Waals surface area contributed by atoms with E-state index in [1.54, 1.807) is 4.57 Å². The van der Waals surface area contributed by atoms with E-state index in [0.717, 1.165) is 11.6 Å². The van der Waals surface area contributed by atoms with Crippen LogP contribution in [0.4, 0.5) is 14.9 Å². The normalized spacial score (nSPS) is 15.3. The molecule has 0 aliphatic carbocycles. The van der Waals surface area contributed by atoms with Gasteiger partial charge in [-0.15, -0.1) is 0 Å². The van der Waals surface area contributed by atoms with Gasteiger partial charge in [0.05, 0.1) is 17.3 Å². The van der Waals surface area contributed by atoms with Crippen LogP contribution in [0.2, 0.25) is 0 Å². The lowest BCUT2D eigenvalue weighted by atomic mass is 10.1. The average molecular weight is 437 g/mol. The molecule has 3 heterocycles. The number of carbonyl (C=O) groups is 1. The lowest BCUT2D eigenvalue weighted by Gasteiger charge is -2.32. The number of nitrogens with one attached hydrogen (secondary N) is 1. The average Bonchev–Trinajstić information content (AvgIpc) is 2.79. The minimum absolute atomic E-state index is 0.00574. The second kappa shape index (κ2) is 8.01. The summed E-state index contributed by atoms with van der Waals surface area (Å²) in [5, 5.41) is 12.3. The largest absolute Gasteiger partial charge is 0.511 e. The molecule has 32 heavy (non-hydrogen) atoms. The summed E-state index contributed by atoms with van der Waals surface area (Å²) in [7, 11) is 0. The van der Waals surface area contributed by atoms with Crippen LogP contribution in [-0.2, 0) is 6.42 Å². The Balaban J connectivity index is 1.73. The number of carboxylic acid groups (broad SMARTS) is 1. The van der Waals surface area contributed by atoms with Gasteiger partial charge in [-0.25, -0.2) is 9.18 Å². The van der Waals surface area contributed by atoms with Crippen LogP contribution >= 0.6 is 0 Å². The van der Waals surface area contributed by atoms with E-state index in [9.17, 15) is 9.59 Å². The monoisotopic (exact) mass is 437 g/mol. The molecular weight excluding hydrogens is 417 g/mol. The first kappa shape index (κ1) is 20.1. The standard InChI is InChI=1S/C23H20FN3O5/c24-17-11-16-19-22(20(17)26-8-6-25-7-9-26)31-13-15(10-14-4-2-1-3-5-14)27(19)12-18(21(16)28)32-23(29)30/h1-5,11-13,25H,6-10H2,(H,29,30). The number of benzene rings is 2. The number of hydrogen-bond acceptors (Lipinski definition) is 6. The Labute approximate surface area is 182 Å². The third-order valence-electron chi connectivity index (χ3n) is 5.62. The molecule has 2 aromatic carbocycles. The van der Waals surface area contributed by atoms with E-state index >= 15 is 4.39 Å². The Morgan fingerprint density at radius 3 is 2.69 bits per heavy atom. The molecule has 0 radical (unpaired) electrons. The van der Waals surface area contributed by atoms with Gasteiger partial charge in [0.2, 0.25) is 5.43 Å². The maximum atomic E-state index is 15.3. The van der Waals surface area contributed by atoms with Crippen LogP contribution < -0.4 is 25.1 Å². The number of piperazine rings is 1. The van der Waals surface area contributed by atoms with Crippen LogP contribution in [-0.4, -0.2) is 42.0 Å². The molecule has 164 valence electrons. The van der Waals surface area contributed by atoms with Gasteiger partial charge in [-0.2, -0.15) is 0 Å². The molecule has 8 nitrogen and oxygen atoms in total. The Bertz CT molecular complexity index is 1300. The molecule has 1 saturated heterocycles. The molecule has 2 aliphatic heterocycles. The van der Waals surface area contributed by atoms with Crippen molar-refractivity contribution in [3.8, 4) is 11.5 Å². The van der Waals surface area contributed by atoms with Crippen LogP contribution in [0.15, 0.2) is 53.7 Å². The van der Waals surface area contributed by atoms with Gasteiger partial charge in [0.15, 0.2) is 17.3 Å². The van der Waals surface area contributed by atoms with Crippen molar-refractivity contribution in [1.82, 2.24) is 9.88 Å². The Morgan fingerprint density at radius 1 is 1.22 bits per heavy atom. The summed E-state index contributed by atoms with van der Waals surface area (Å²) in [6.45, 7) is 2.57. The minimum atomic E-state index is -1.62. The van der Waals surface area contributed by atoms with Gasteiger partial charge >= 0.3 is 6.16 Å². The molecule has 2 N–H and O–H groups in total. The molecule has 0 saturated carbocycles. The van der Waals surface area contributed by atoms with Crippen molar-refractivity contribution in [1.29, 1.82) is 0 Å². The van der Waals surface area contributed by atoms with Crippen molar-refractivity contribution < 1.29 is 23.8 Å². The molecule has 0 bridgehead atoms. The lowest BCUT2D eigenvalue weighted by Crippen LogP contribution is -2.44. The van der Waals surface area contributed by atoms with Gasteiger partial charge in [0.25, 0.3) is 0 Å². The summed E-state index contributed by atoms with van der Waals surface area (Å²) in [5.74, 6) is -0.769. The number of aromatic nitrogens is 1. The van der Waals surface area contributed by atoms with Crippen LogP contribution in [0.25, 0.3) is 16.6 Å². The SMILES string of the molecule is O=C(O)Oc1cn2c3c(c(N4CCNCC4)c(F)cc3c1=O)OC=C2Cc1ccccc1. The predicted octanol–water partition coefficient (Wildman–Crippen LogP) is 3.04. The molecule has 0 atom stereocenters. The molecule has 0 spiro atoms. The zero-order chi connectivity index (χ0) is 22.2. The maximum Gasteiger partial charge on any atom is 0.511 e. The maximum absolute atomic E-state index is 15.3. The number of nitrogens with zero attached hydrogens (tertiary/aromatic N) is 2. The van der Waals surface area contributed by atoms with E-state index in [4.69, 9.17) is 14.6 Å². The third kappa shape index (κ3) is 3.46. The Kier molecular flexibility index (Phi) is 5.02. The third-order valence-corrected chi connectivity index (χ3v) is 5.62. The highest BCUT2D eigenvalue weighted by Crippen LogP contribution is 2.42. The highest BCUT2D eigenvalue weighted by atomic mass is 19.1. The van der Waals surface area contributed by atoms with E-state index in [-0.39, 0.29) is 16.8 Å². The zero-order valence-electron chi connectivity index (χ0n) is 17.0. The van der Waals surface area contributed by atoms with Crippen molar-refractivity contribution in [2.24, 2.45) is 0 Å². The molecule has 5 rings (SSSR count). The van der Waals surface area contributed by atoms with Gasteiger partial charge in [-0.3, -0.25) is 4.79 Å². The second-order valence-electron chi connectivity index (χ2n) is 7.62. The number of halogens is 1. The lowest BCUT2D eigenvalue weighted by molar-refractivity contribution is 0.144. The highest BCUT2D eigenvalue weighted by molar-refractivity contribution is 5.95. The van der Waals surface area contributed by atoms with E-state index in [1.807, 2.05) is 35.2 Å². The van der Waals surface area contributed by atoms with Gasteiger partial charge in [0.1, 0.15) is 17.5 Å². The summed E-state index contributed by atoms with van der Waals surface area (Å²) in [6.07, 6.45) is 1.67. The summed E-state index contributed by atoms with van der Waals surface area (Å²) in [6, 6.07) is 10.8. The van der Waals surface area contributed by atoms with Gasteiger partial charge < -0.3 is 29.4 Å². The minimum Gasteiger partial charge on any atom is -0.459 e. The van der Waals surface area contributed by atoms with Gasteiger partial charge in [-0.1, -0.05) is 30.3 Å². The van der Waals surface area contributed by atoms with Gasteiger partial charge in [-0.05, 0) is 11.6 Å². The number of pyridine rings is 1. The van der Waals surface area contributed by atoms with Crippen LogP contribution in [0.3, 0.4) is 0 Å². The van der Waals surface area contributed by atoms with Crippen molar-refractivity contribution in [2.75, 3.05) is 31.1 Å². The quantitative estimate of drug-likeness (QED) is 0.606. The smallest absolute Gasteiger partial charge is 0.459 e. The molecule has 1 fully saturated rings. The van der Waals surface area contributed by atoms with Crippen molar-refractivity contribution in [3.05, 3.63) is 70.5 Å². The predicted molar refractivity (Wildman–Crippen MR) is 117 cm³/mol. The molecule has 1 aromatic heterocycles. The number of anilines is 1. The number of ether oxygens (including phenoxy) is 2. The van der Waals surface area contributed by atoms with E-state index in [0.29, 0.717) is 43.8 Å². The van der Waals surface area contributed by atoms with Crippen molar-refractivity contribution >= 4 is 28.4 Å². The summed E-state index contributed by atoms with van der Waals surface area (Å²) in [4.78, 5) is 26.0. The Morgan fingerprint density at radius 2 is 1.97 bits per heavy atom. The first-order chi connectivity index (χ1) is 15.5. The van der Waals surface area contributed by atoms with Crippen LogP contribution in [0.1, 0.15) is 5.56 Å². The highest BCUT2D eigenvalue weighted by Gasteiger charge is 2.29. The first-order valence-corrected chi connectivity index (χ1v) is 10.2. The Hall–Kier alpha value is -3.85. The van der Waals surface area contributed by atoms with Crippen molar-refractivity contribution in [3.63, 3.8) is 0 Å². The van der Waals surface area contributed by atoms with Crippen LogP contribution in [0.5, 0.6) is 11.5 Å². The van der Waals surface area contributed by atoms with E-state index in [2.05, 4.69) is 5.32 Å². The molecule has 0 amide bonds. The van der Waals surface area contributed by atoms with Crippen LogP contribution in [0, 0.1) is 5.82 Å². The summed E-state index contributed by atoms with van der Waals surface area (Å²) in [5.41, 5.74) is 1.60. The molecule has 2 aliphatic rings.